The van der Waals surface area contributed by atoms with E-state index in [9.17, 15) is 4.79 Å². The fourth-order valence-electron chi connectivity index (χ4n) is 2.29. The van der Waals surface area contributed by atoms with Crippen molar-refractivity contribution in [2.45, 2.75) is 31.7 Å². The number of halogens is 1. The third-order valence-electron chi connectivity index (χ3n) is 3.60. The largest absolute Gasteiger partial charge is 0.381 e. The summed E-state index contributed by atoms with van der Waals surface area (Å²) in [4.78, 5) is 12.2. The van der Waals surface area contributed by atoms with E-state index >= 15 is 0 Å². The Morgan fingerprint density at radius 1 is 1.32 bits per heavy atom. The number of carbonyl (C=O) groups excluding carboxylic acids is 1. The van der Waals surface area contributed by atoms with Gasteiger partial charge in [-0.1, -0.05) is 45.8 Å². The third kappa shape index (κ3) is 4.05. The predicted octanol–water partition coefficient (Wildman–Crippen LogP) is 2.60. The Labute approximate surface area is 122 Å². The molecule has 0 aliphatic carbocycles. The van der Waals surface area contributed by atoms with Gasteiger partial charge in [-0.2, -0.15) is 0 Å². The molecule has 104 valence electrons. The van der Waals surface area contributed by atoms with Crippen molar-refractivity contribution in [2.24, 2.45) is 0 Å². The molecule has 0 spiro atoms. The van der Waals surface area contributed by atoms with Crippen LogP contribution in [0.15, 0.2) is 24.3 Å². The number of rotatable bonds is 4. The molecule has 1 aromatic carbocycles. The van der Waals surface area contributed by atoms with E-state index in [1.165, 1.54) is 5.56 Å². The molecule has 0 aromatic heterocycles. The molecule has 1 aliphatic heterocycles. The molecule has 1 N–H and O–H groups in total. The highest BCUT2D eigenvalue weighted by molar-refractivity contribution is 9.09. The van der Waals surface area contributed by atoms with Gasteiger partial charge in [0.25, 0.3) is 0 Å². The Bertz CT molecular complexity index is 424. The summed E-state index contributed by atoms with van der Waals surface area (Å²) in [5, 5.41) is 3.96. The molecule has 1 heterocycles. The number of alkyl halides is 1. The van der Waals surface area contributed by atoms with Crippen LogP contribution in [0, 0.1) is 6.92 Å². The minimum Gasteiger partial charge on any atom is -0.381 e. The van der Waals surface area contributed by atoms with Gasteiger partial charge in [-0.15, -0.1) is 0 Å². The lowest BCUT2D eigenvalue weighted by atomic mass is 9.92. The molecular formula is C15H20BrNO2. The number of aryl methyl sites for hydroxylation is 1. The number of hydrogen-bond donors (Lipinski definition) is 1. The van der Waals surface area contributed by atoms with Crippen LogP contribution in [0.3, 0.4) is 0 Å². The van der Waals surface area contributed by atoms with Crippen LogP contribution in [0.2, 0.25) is 0 Å². The summed E-state index contributed by atoms with van der Waals surface area (Å²) in [6.07, 6.45) is 2.19. The second kappa shape index (κ2) is 6.53. The standard InChI is InChI=1S/C15H20BrNO2/c1-12-2-4-13(5-3-12)10-14(18)17-15(11-16)6-8-19-9-7-15/h2-5H,6-11H2,1H3,(H,17,18). The topological polar surface area (TPSA) is 38.3 Å². The Hall–Kier alpha value is -0.870. The molecule has 0 atom stereocenters. The van der Waals surface area contributed by atoms with Crippen LogP contribution < -0.4 is 5.32 Å². The normalized spacial score (nSPS) is 18.0. The zero-order valence-electron chi connectivity index (χ0n) is 11.2. The number of ether oxygens (including phenoxy) is 1. The molecule has 0 unspecified atom stereocenters. The van der Waals surface area contributed by atoms with Gasteiger partial charge in [-0.3, -0.25) is 4.79 Å². The maximum absolute atomic E-state index is 12.2. The highest BCUT2D eigenvalue weighted by Gasteiger charge is 2.32. The van der Waals surface area contributed by atoms with Crippen molar-refractivity contribution in [1.29, 1.82) is 0 Å². The van der Waals surface area contributed by atoms with Gasteiger partial charge in [0.05, 0.1) is 12.0 Å². The summed E-state index contributed by atoms with van der Waals surface area (Å²) in [6, 6.07) is 8.11. The van der Waals surface area contributed by atoms with Crippen molar-refractivity contribution in [2.75, 3.05) is 18.5 Å². The lowest BCUT2D eigenvalue weighted by Gasteiger charge is -2.36. The Morgan fingerprint density at radius 2 is 1.95 bits per heavy atom. The molecule has 1 saturated heterocycles. The van der Waals surface area contributed by atoms with Crippen molar-refractivity contribution in [3.63, 3.8) is 0 Å². The molecule has 0 bridgehead atoms. The molecule has 1 amide bonds. The minimum absolute atomic E-state index is 0.0882. The van der Waals surface area contributed by atoms with E-state index < -0.39 is 0 Å². The first kappa shape index (κ1) is 14.5. The van der Waals surface area contributed by atoms with Gasteiger partial charge in [0, 0.05) is 18.5 Å². The Kier molecular flexibility index (Phi) is 4.99. The summed E-state index contributed by atoms with van der Waals surface area (Å²) >= 11 is 3.52. The van der Waals surface area contributed by atoms with Crippen LogP contribution in [0.1, 0.15) is 24.0 Å². The molecule has 3 nitrogen and oxygen atoms in total. The lowest BCUT2D eigenvalue weighted by Crippen LogP contribution is -2.53. The number of hydrogen-bond acceptors (Lipinski definition) is 2. The maximum atomic E-state index is 12.2. The molecule has 2 rings (SSSR count). The first-order chi connectivity index (χ1) is 9.13. The van der Waals surface area contributed by atoms with E-state index in [0.29, 0.717) is 6.42 Å². The second-order valence-electron chi connectivity index (χ2n) is 5.24. The highest BCUT2D eigenvalue weighted by Crippen LogP contribution is 2.23. The SMILES string of the molecule is Cc1ccc(CC(=O)NC2(CBr)CCOCC2)cc1. The average Bonchev–Trinajstić information content (AvgIpc) is 2.42. The fraction of sp³-hybridized carbons (Fsp3) is 0.533. The number of nitrogens with one attached hydrogen (secondary N) is 1. The van der Waals surface area contributed by atoms with Gasteiger partial charge >= 0.3 is 0 Å². The Balaban J connectivity index is 1.94. The minimum atomic E-state index is -0.139. The van der Waals surface area contributed by atoms with Crippen LogP contribution in [0.25, 0.3) is 0 Å². The average molecular weight is 326 g/mol. The molecular weight excluding hydrogens is 306 g/mol. The van der Waals surface area contributed by atoms with Gasteiger partial charge < -0.3 is 10.1 Å². The van der Waals surface area contributed by atoms with E-state index in [1.807, 2.05) is 31.2 Å². The number of carbonyl (C=O) groups is 1. The Morgan fingerprint density at radius 3 is 2.53 bits per heavy atom. The van der Waals surface area contributed by atoms with Gasteiger partial charge in [0.2, 0.25) is 5.91 Å². The quantitative estimate of drug-likeness (QED) is 0.864. The van der Waals surface area contributed by atoms with E-state index in [-0.39, 0.29) is 11.4 Å². The van der Waals surface area contributed by atoms with Crippen LogP contribution >= 0.6 is 15.9 Å². The van der Waals surface area contributed by atoms with Gasteiger partial charge in [-0.25, -0.2) is 0 Å². The molecule has 0 saturated carbocycles. The van der Waals surface area contributed by atoms with Gasteiger partial charge in [0.15, 0.2) is 0 Å². The van der Waals surface area contributed by atoms with E-state index in [2.05, 4.69) is 21.2 Å². The van der Waals surface area contributed by atoms with Crippen LogP contribution in [0.4, 0.5) is 0 Å². The molecule has 1 fully saturated rings. The van der Waals surface area contributed by atoms with Crippen molar-refractivity contribution < 1.29 is 9.53 Å². The van der Waals surface area contributed by atoms with Crippen molar-refractivity contribution >= 4 is 21.8 Å². The summed E-state index contributed by atoms with van der Waals surface area (Å²) in [5.41, 5.74) is 2.13. The molecule has 1 aromatic rings. The summed E-state index contributed by atoms with van der Waals surface area (Å²) in [7, 11) is 0. The second-order valence-corrected chi connectivity index (χ2v) is 5.80. The predicted molar refractivity (Wildman–Crippen MR) is 79.6 cm³/mol. The highest BCUT2D eigenvalue weighted by atomic mass is 79.9. The van der Waals surface area contributed by atoms with E-state index in [4.69, 9.17) is 4.74 Å². The zero-order valence-corrected chi connectivity index (χ0v) is 12.8. The van der Waals surface area contributed by atoms with Gasteiger partial charge in [0.1, 0.15) is 0 Å². The van der Waals surface area contributed by atoms with Crippen molar-refractivity contribution in [3.8, 4) is 0 Å². The van der Waals surface area contributed by atoms with E-state index in [0.717, 1.165) is 36.9 Å². The first-order valence-electron chi connectivity index (χ1n) is 6.64. The number of benzene rings is 1. The monoisotopic (exact) mass is 325 g/mol. The van der Waals surface area contributed by atoms with Crippen LogP contribution in [-0.2, 0) is 16.0 Å². The van der Waals surface area contributed by atoms with Crippen LogP contribution in [-0.4, -0.2) is 30.0 Å². The van der Waals surface area contributed by atoms with Crippen LogP contribution in [0.5, 0.6) is 0 Å². The smallest absolute Gasteiger partial charge is 0.224 e. The zero-order chi connectivity index (χ0) is 13.7. The summed E-state index contributed by atoms with van der Waals surface area (Å²) in [5.74, 6) is 0.0882. The maximum Gasteiger partial charge on any atom is 0.224 e. The first-order valence-corrected chi connectivity index (χ1v) is 7.76. The van der Waals surface area contributed by atoms with Gasteiger partial charge in [-0.05, 0) is 25.3 Å². The molecule has 1 aliphatic rings. The van der Waals surface area contributed by atoms with Crippen molar-refractivity contribution in [1.82, 2.24) is 5.32 Å². The molecule has 4 heteroatoms. The van der Waals surface area contributed by atoms with Crippen molar-refractivity contribution in [3.05, 3.63) is 35.4 Å². The summed E-state index contributed by atoms with van der Waals surface area (Å²) in [6.45, 7) is 3.48. The molecule has 19 heavy (non-hydrogen) atoms. The molecule has 0 radical (unpaired) electrons. The third-order valence-corrected chi connectivity index (χ3v) is 4.67. The fourth-order valence-corrected chi connectivity index (χ4v) is 2.99. The van der Waals surface area contributed by atoms with E-state index in [1.54, 1.807) is 0 Å². The number of amides is 1. The lowest BCUT2D eigenvalue weighted by molar-refractivity contribution is -0.123. The summed E-state index contributed by atoms with van der Waals surface area (Å²) < 4.78 is 5.37.